The van der Waals surface area contributed by atoms with E-state index in [-0.39, 0.29) is 12.5 Å². The van der Waals surface area contributed by atoms with E-state index in [2.05, 4.69) is 5.32 Å². The van der Waals surface area contributed by atoms with E-state index in [1.165, 1.54) is 16.9 Å². The van der Waals surface area contributed by atoms with Crippen molar-refractivity contribution in [1.29, 1.82) is 0 Å². The molecule has 0 aliphatic heterocycles. The van der Waals surface area contributed by atoms with Gasteiger partial charge in [-0.1, -0.05) is 0 Å². The fraction of sp³-hybridized carbons (Fsp3) is 0.643. The van der Waals surface area contributed by atoms with Crippen molar-refractivity contribution in [3.05, 3.63) is 21.4 Å². The van der Waals surface area contributed by atoms with E-state index >= 15 is 0 Å². The Morgan fingerprint density at radius 2 is 2.37 bits per heavy atom. The molecule has 19 heavy (non-hydrogen) atoms. The number of hydrogen-bond acceptors (Lipinski definition) is 4. The van der Waals surface area contributed by atoms with Crippen LogP contribution in [0, 0.1) is 0 Å². The summed E-state index contributed by atoms with van der Waals surface area (Å²) in [5.74, 6) is -0.0860. The van der Waals surface area contributed by atoms with Crippen LogP contribution in [-0.2, 0) is 17.6 Å². The maximum absolute atomic E-state index is 12.0. The zero-order valence-electron chi connectivity index (χ0n) is 11.5. The van der Waals surface area contributed by atoms with Crippen LogP contribution in [0.1, 0.15) is 39.9 Å². The number of amides is 1. The molecule has 1 amide bonds. The number of methoxy groups -OCH3 is 1. The van der Waals surface area contributed by atoms with Gasteiger partial charge in [-0.25, -0.2) is 0 Å². The van der Waals surface area contributed by atoms with Gasteiger partial charge in [-0.15, -0.1) is 11.3 Å². The van der Waals surface area contributed by atoms with Gasteiger partial charge in [0.25, 0.3) is 5.91 Å². The summed E-state index contributed by atoms with van der Waals surface area (Å²) in [4.78, 5) is 14.1. The van der Waals surface area contributed by atoms with Gasteiger partial charge < -0.3 is 15.2 Å². The van der Waals surface area contributed by atoms with Gasteiger partial charge in [0.2, 0.25) is 0 Å². The average molecular weight is 283 g/mol. The smallest absolute Gasteiger partial charge is 0.261 e. The number of aliphatic hydroxyl groups is 1. The molecular formula is C14H21NO3S. The van der Waals surface area contributed by atoms with E-state index in [0.29, 0.717) is 13.0 Å². The van der Waals surface area contributed by atoms with Gasteiger partial charge in [0.15, 0.2) is 0 Å². The van der Waals surface area contributed by atoms with E-state index in [4.69, 9.17) is 4.74 Å². The Hall–Kier alpha value is -0.910. The van der Waals surface area contributed by atoms with E-state index in [9.17, 15) is 9.90 Å². The Morgan fingerprint density at radius 3 is 3.05 bits per heavy atom. The largest absolute Gasteiger partial charge is 0.388 e. The van der Waals surface area contributed by atoms with Crippen molar-refractivity contribution < 1.29 is 14.6 Å². The summed E-state index contributed by atoms with van der Waals surface area (Å²) in [5, 5.41) is 12.9. The van der Waals surface area contributed by atoms with Crippen molar-refractivity contribution in [3.8, 4) is 0 Å². The van der Waals surface area contributed by atoms with Crippen LogP contribution in [0.2, 0.25) is 0 Å². The molecule has 0 radical (unpaired) electrons. The van der Waals surface area contributed by atoms with Crippen molar-refractivity contribution in [2.24, 2.45) is 0 Å². The topological polar surface area (TPSA) is 58.6 Å². The fourth-order valence-corrected chi connectivity index (χ4v) is 3.38. The normalized spacial score (nSPS) is 17.0. The summed E-state index contributed by atoms with van der Waals surface area (Å²) < 4.78 is 4.94. The summed E-state index contributed by atoms with van der Waals surface area (Å²) in [7, 11) is 1.60. The highest BCUT2D eigenvalue weighted by atomic mass is 32.1. The van der Waals surface area contributed by atoms with E-state index < -0.39 is 5.60 Å². The molecule has 2 rings (SSSR count). The zero-order valence-corrected chi connectivity index (χ0v) is 12.3. The number of fused-ring (bicyclic) bond motifs is 1. The second kappa shape index (κ2) is 6.03. The predicted octanol–water partition coefficient (Wildman–Crippen LogP) is 1.75. The van der Waals surface area contributed by atoms with E-state index in [1.54, 1.807) is 25.4 Å². The third kappa shape index (κ3) is 3.78. The third-order valence-electron chi connectivity index (χ3n) is 3.44. The Labute approximate surface area is 117 Å². The van der Waals surface area contributed by atoms with Crippen LogP contribution in [0.25, 0.3) is 0 Å². The van der Waals surface area contributed by atoms with Gasteiger partial charge in [0.1, 0.15) is 0 Å². The SMILES string of the molecule is COCCC(C)(O)CNC(=O)c1cc2c(s1)CCC2. The second-order valence-corrected chi connectivity index (χ2v) is 6.47. The first kappa shape index (κ1) is 14.5. The molecule has 1 aliphatic rings. The summed E-state index contributed by atoms with van der Waals surface area (Å²) in [6.45, 7) is 2.44. The van der Waals surface area contributed by atoms with Crippen LogP contribution >= 0.6 is 11.3 Å². The van der Waals surface area contributed by atoms with Crippen molar-refractivity contribution in [3.63, 3.8) is 0 Å². The van der Waals surface area contributed by atoms with Gasteiger partial charge >= 0.3 is 0 Å². The lowest BCUT2D eigenvalue weighted by Gasteiger charge is -2.23. The second-order valence-electron chi connectivity index (χ2n) is 5.34. The number of carbonyl (C=O) groups excluding carboxylic acids is 1. The van der Waals surface area contributed by atoms with Gasteiger partial charge in [-0.2, -0.15) is 0 Å². The molecule has 0 saturated carbocycles. The predicted molar refractivity (Wildman–Crippen MR) is 75.8 cm³/mol. The van der Waals surface area contributed by atoms with Crippen molar-refractivity contribution in [2.75, 3.05) is 20.3 Å². The molecule has 0 aromatic carbocycles. The molecule has 2 N–H and O–H groups in total. The van der Waals surface area contributed by atoms with E-state index in [0.717, 1.165) is 17.7 Å². The summed E-state index contributed by atoms with van der Waals surface area (Å²) in [6.07, 6.45) is 3.89. The third-order valence-corrected chi connectivity index (χ3v) is 4.68. The molecule has 0 bridgehead atoms. The summed E-state index contributed by atoms with van der Waals surface area (Å²) >= 11 is 1.58. The molecule has 4 nitrogen and oxygen atoms in total. The van der Waals surface area contributed by atoms with Crippen LogP contribution in [0.15, 0.2) is 6.07 Å². The molecule has 106 valence electrons. The molecule has 1 unspecified atom stereocenters. The standard InChI is InChI=1S/C14H21NO3S/c1-14(17,6-7-18-2)9-15-13(16)12-8-10-4-3-5-11(10)19-12/h8,17H,3-7,9H2,1-2H3,(H,15,16). The molecule has 1 heterocycles. The highest BCUT2D eigenvalue weighted by molar-refractivity contribution is 7.14. The molecule has 0 saturated heterocycles. The minimum Gasteiger partial charge on any atom is -0.388 e. The molecule has 1 atom stereocenters. The van der Waals surface area contributed by atoms with Crippen molar-refractivity contribution in [2.45, 2.75) is 38.2 Å². The number of hydrogen-bond donors (Lipinski definition) is 2. The van der Waals surface area contributed by atoms with Crippen LogP contribution in [0.4, 0.5) is 0 Å². The zero-order chi connectivity index (χ0) is 13.9. The van der Waals surface area contributed by atoms with Crippen LogP contribution < -0.4 is 5.32 Å². The lowest BCUT2D eigenvalue weighted by atomic mass is 10.0. The molecular weight excluding hydrogens is 262 g/mol. The van der Waals surface area contributed by atoms with Gasteiger partial charge in [0, 0.05) is 31.6 Å². The lowest BCUT2D eigenvalue weighted by molar-refractivity contribution is 0.0244. The highest BCUT2D eigenvalue weighted by Gasteiger charge is 2.23. The summed E-state index contributed by atoms with van der Waals surface area (Å²) in [5.41, 5.74) is 0.396. The van der Waals surface area contributed by atoms with Crippen molar-refractivity contribution >= 4 is 17.2 Å². The Bertz CT molecular complexity index is 432. The van der Waals surface area contributed by atoms with Crippen molar-refractivity contribution in [1.82, 2.24) is 5.32 Å². The van der Waals surface area contributed by atoms with Crippen LogP contribution in [0.3, 0.4) is 0 Å². The maximum Gasteiger partial charge on any atom is 0.261 e. The van der Waals surface area contributed by atoms with Crippen LogP contribution in [-0.4, -0.2) is 36.9 Å². The Kier molecular flexibility index (Phi) is 4.60. The Balaban J connectivity index is 1.87. The summed E-state index contributed by atoms with van der Waals surface area (Å²) in [6, 6.07) is 1.99. The number of thiophene rings is 1. The fourth-order valence-electron chi connectivity index (χ4n) is 2.21. The first-order chi connectivity index (χ1) is 9.02. The number of nitrogens with one attached hydrogen (secondary N) is 1. The highest BCUT2D eigenvalue weighted by Crippen LogP contribution is 2.30. The number of rotatable bonds is 6. The first-order valence-corrected chi connectivity index (χ1v) is 7.44. The quantitative estimate of drug-likeness (QED) is 0.836. The molecule has 0 fully saturated rings. The van der Waals surface area contributed by atoms with Crippen LogP contribution in [0.5, 0.6) is 0 Å². The molecule has 1 aromatic rings. The molecule has 1 aliphatic carbocycles. The lowest BCUT2D eigenvalue weighted by Crippen LogP contribution is -2.41. The monoisotopic (exact) mass is 283 g/mol. The average Bonchev–Trinajstić information content (AvgIpc) is 2.94. The van der Waals surface area contributed by atoms with Gasteiger partial charge in [-0.05, 0) is 37.8 Å². The minimum atomic E-state index is -0.925. The molecule has 5 heteroatoms. The maximum atomic E-state index is 12.0. The van der Waals surface area contributed by atoms with Gasteiger partial charge in [-0.3, -0.25) is 4.79 Å². The van der Waals surface area contributed by atoms with E-state index in [1.807, 2.05) is 6.07 Å². The molecule has 1 aromatic heterocycles. The van der Waals surface area contributed by atoms with Gasteiger partial charge in [0.05, 0.1) is 10.5 Å². The number of carbonyl (C=O) groups is 1. The minimum absolute atomic E-state index is 0.0860. The number of aryl methyl sites for hydroxylation is 2. The first-order valence-electron chi connectivity index (χ1n) is 6.63. The molecule has 0 spiro atoms. The Morgan fingerprint density at radius 1 is 1.58 bits per heavy atom. The number of ether oxygens (including phenoxy) is 1.